The minimum Gasteiger partial charge on any atom is -0.478 e. The Labute approximate surface area is 200 Å². The maximum absolute atomic E-state index is 12.9. The summed E-state index contributed by atoms with van der Waals surface area (Å²) < 4.78 is 44.3. The van der Waals surface area contributed by atoms with Crippen LogP contribution in [0.25, 0.3) is 11.3 Å². The maximum atomic E-state index is 12.9. The molecule has 0 aliphatic heterocycles. The van der Waals surface area contributed by atoms with Gasteiger partial charge in [0, 0.05) is 23.4 Å². The van der Waals surface area contributed by atoms with Crippen LogP contribution in [0.4, 0.5) is 13.2 Å². The van der Waals surface area contributed by atoms with E-state index in [9.17, 15) is 27.9 Å². The standard InChI is InChI=1S/C26H25F3N2O4/c1-15-12-19(26(27,28)29)9-10-21(15)22-11-8-18(16(2)31-22)14-30-23(32)17-6-5-7-20(13-17)35-25(3,4)24(33)34/h5-13H,14H2,1-4H3,(H,30,32)(H,33,34). The first-order chi connectivity index (χ1) is 16.3. The first kappa shape index (κ1) is 25.7. The summed E-state index contributed by atoms with van der Waals surface area (Å²) in [7, 11) is 0. The monoisotopic (exact) mass is 486 g/mol. The molecule has 1 amide bonds. The number of halogens is 3. The third-order valence-corrected chi connectivity index (χ3v) is 5.45. The van der Waals surface area contributed by atoms with Crippen LogP contribution in [0.2, 0.25) is 0 Å². The highest BCUT2D eigenvalue weighted by Crippen LogP contribution is 2.33. The highest BCUT2D eigenvalue weighted by molar-refractivity contribution is 5.94. The lowest BCUT2D eigenvalue weighted by Gasteiger charge is -2.21. The second-order valence-electron chi connectivity index (χ2n) is 8.60. The van der Waals surface area contributed by atoms with Crippen LogP contribution in [0.5, 0.6) is 5.75 Å². The summed E-state index contributed by atoms with van der Waals surface area (Å²) in [6.45, 7) is 6.36. The van der Waals surface area contributed by atoms with Crippen molar-refractivity contribution < 1.29 is 32.6 Å². The number of aliphatic carboxylic acids is 1. The number of benzene rings is 2. The SMILES string of the molecule is Cc1cc(C(F)(F)F)ccc1-c1ccc(CNC(=O)c2cccc(OC(C)(C)C(=O)O)c2)c(C)n1. The number of hydrogen-bond acceptors (Lipinski definition) is 4. The number of rotatable bonds is 7. The summed E-state index contributed by atoms with van der Waals surface area (Å²) in [6.07, 6.45) is -4.41. The van der Waals surface area contributed by atoms with Crippen LogP contribution < -0.4 is 10.1 Å². The molecule has 184 valence electrons. The molecule has 0 aliphatic rings. The van der Waals surface area contributed by atoms with Gasteiger partial charge in [0.05, 0.1) is 11.3 Å². The van der Waals surface area contributed by atoms with Crippen molar-refractivity contribution in [3.8, 4) is 17.0 Å². The first-order valence-corrected chi connectivity index (χ1v) is 10.7. The van der Waals surface area contributed by atoms with Crippen LogP contribution in [-0.2, 0) is 17.5 Å². The molecule has 0 unspecified atom stereocenters. The molecule has 0 fully saturated rings. The van der Waals surface area contributed by atoms with E-state index in [1.807, 2.05) is 0 Å². The van der Waals surface area contributed by atoms with E-state index in [0.717, 1.165) is 17.7 Å². The number of aryl methyl sites for hydroxylation is 2. The quantitative estimate of drug-likeness (QED) is 0.457. The van der Waals surface area contributed by atoms with Gasteiger partial charge in [-0.3, -0.25) is 9.78 Å². The van der Waals surface area contributed by atoms with Gasteiger partial charge in [-0.1, -0.05) is 18.2 Å². The number of aromatic nitrogens is 1. The van der Waals surface area contributed by atoms with Gasteiger partial charge in [-0.25, -0.2) is 4.79 Å². The molecule has 1 heterocycles. The molecule has 0 saturated heterocycles. The van der Waals surface area contributed by atoms with Gasteiger partial charge < -0.3 is 15.2 Å². The molecule has 0 saturated carbocycles. The normalized spacial score (nSPS) is 11.7. The largest absolute Gasteiger partial charge is 0.478 e. The molecule has 35 heavy (non-hydrogen) atoms. The van der Waals surface area contributed by atoms with Crippen molar-refractivity contribution in [1.29, 1.82) is 0 Å². The third-order valence-electron chi connectivity index (χ3n) is 5.45. The Kier molecular flexibility index (Phi) is 7.19. The number of nitrogens with one attached hydrogen (secondary N) is 1. The molecule has 1 aromatic heterocycles. The number of carboxylic acid groups (broad SMARTS) is 1. The van der Waals surface area contributed by atoms with Gasteiger partial charge in [-0.15, -0.1) is 0 Å². The number of amides is 1. The average molecular weight is 486 g/mol. The zero-order chi connectivity index (χ0) is 26.0. The van der Waals surface area contributed by atoms with E-state index in [2.05, 4.69) is 10.3 Å². The molecule has 0 spiro atoms. The van der Waals surface area contributed by atoms with Crippen LogP contribution in [0.3, 0.4) is 0 Å². The molecule has 3 aromatic rings. The van der Waals surface area contributed by atoms with Gasteiger partial charge in [-0.2, -0.15) is 13.2 Å². The van der Waals surface area contributed by atoms with E-state index in [1.54, 1.807) is 44.2 Å². The number of hydrogen-bond donors (Lipinski definition) is 2. The van der Waals surface area contributed by atoms with Crippen LogP contribution in [0.15, 0.2) is 54.6 Å². The Balaban J connectivity index is 1.71. The van der Waals surface area contributed by atoms with E-state index in [4.69, 9.17) is 4.74 Å². The first-order valence-electron chi connectivity index (χ1n) is 10.7. The second-order valence-corrected chi connectivity index (χ2v) is 8.60. The van der Waals surface area contributed by atoms with Crippen molar-refractivity contribution in [2.45, 2.75) is 46.0 Å². The van der Waals surface area contributed by atoms with E-state index in [1.165, 1.54) is 26.0 Å². The lowest BCUT2D eigenvalue weighted by molar-refractivity contribution is -0.152. The van der Waals surface area contributed by atoms with Crippen molar-refractivity contribution in [2.75, 3.05) is 0 Å². The molecule has 0 bridgehead atoms. The minimum atomic E-state index is -4.41. The van der Waals surface area contributed by atoms with Gasteiger partial charge >= 0.3 is 12.1 Å². The maximum Gasteiger partial charge on any atom is 0.416 e. The predicted octanol–water partition coefficient (Wildman–Crippen LogP) is 5.56. The van der Waals surface area contributed by atoms with E-state index >= 15 is 0 Å². The zero-order valence-corrected chi connectivity index (χ0v) is 19.7. The fraction of sp³-hybridized carbons (Fsp3) is 0.269. The van der Waals surface area contributed by atoms with Gasteiger partial charge in [0.2, 0.25) is 0 Å². The van der Waals surface area contributed by atoms with Crippen molar-refractivity contribution >= 4 is 11.9 Å². The molecule has 6 nitrogen and oxygen atoms in total. The number of carboxylic acids is 1. The van der Waals surface area contributed by atoms with Crippen LogP contribution in [-0.4, -0.2) is 27.6 Å². The van der Waals surface area contributed by atoms with Gasteiger partial charge in [0.1, 0.15) is 5.75 Å². The van der Waals surface area contributed by atoms with Crippen molar-refractivity contribution in [3.63, 3.8) is 0 Å². The third kappa shape index (κ3) is 6.17. The Bertz CT molecular complexity index is 1270. The van der Waals surface area contributed by atoms with Gasteiger partial charge in [0.15, 0.2) is 5.60 Å². The van der Waals surface area contributed by atoms with Gasteiger partial charge in [0.25, 0.3) is 5.91 Å². The van der Waals surface area contributed by atoms with E-state index in [-0.39, 0.29) is 18.2 Å². The number of nitrogens with zero attached hydrogens (tertiary/aromatic N) is 1. The van der Waals surface area contributed by atoms with Crippen LogP contribution in [0, 0.1) is 13.8 Å². The topological polar surface area (TPSA) is 88.5 Å². The van der Waals surface area contributed by atoms with E-state index in [0.29, 0.717) is 28.1 Å². The van der Waals surface area contributed by atoms with Crippen molar-refractivity contribution in [2.24, 2.45) is 0 Å². The number of carbonyl (C=O) groups excluding carboxylic acids is 1. The zero-order valence-electron chi connectivity index (χ0n) is 19.7. The van der Waals surface area contributed by atoms with E-state index < -0.39 is 23.3 Å². The molecule has 0 atom stereocenters. The van der Waals surface area contributed by atoms with Crippen LogP contribution >= 0.6 is 0 Å². The summed E-state index contributed by atoms with van der Waals surface area (Å²) >= 11 is 0. The summed E-state index contributed by atoms with van der Waals surface area (Å²) in [5.74, 6) is -1.27. The summed E-state index contributed by atoms with van der Waals surface area (Å²) in [6, 6.07) is 13.2. The molecular weight excluding hydrogens is 461 g/mol. The Morgan fingerprint density at radius 2 is 1.74 bits per heavy atom. The molecule has 9 heteroatoms. The van der Waals surface area contributed by atoms with Crippen molar-refractivity contribution in [3.05, 3.63) is 82.5 Å². The summed E-state index contributed by atoms with van der Waals surface area (Å²) in [5.41, 5.74) is 1.09. The Morgan fingerprint density at radius 1 is 1.03 bits per heavy atom. The molecule has 3 rings (SSSR count). The molecule has 2 aromatic carbocycles. The molecular formula is C26H25F3N2O4. The fourth-order valence-corrected chi connectivity index (χ4v) is 3.37. The van der Waals surface area contributed by atoms with Crippen molar-refractivity contribution in [1.82, 2.24) is 10.3 Å². The predicted molar refractivity (Wildman–Crippen MR) is 124 cm³/mol. The van der Waals surface area contributed by atoms with Gasteiger partial charge in [-0.05, 0) is 75.2 Å². The molecule has 0 aliphatic carbocycles. The Hall–Kier alpha value is -3.88. The highest BCUT2D eigenvalue weighted by Gasteiger charge is 2.31. The molecule has 2 N–H and O–H groups in total. The Morgan fingerprint density at radius 3 is 2.34 bits per heavy atom. The number of carbonyl (C=O) groups is 2. The second kappa shape index (κ2) is 9.77. The minimum absolute atomic E-state index is 0.176. The molecule has 0 radical (unpaired) electrons. The summed E-state index contributed by atoms with van der Waals surface area (Å²) in [4.78, 5) is 28.4. The highest BCUT2D eigenvalue weighted by atomic mass is 19.4. The average Bonchev–Trinajstić information content (AvgIpc) is 2.77. The summed E-state index contributed by atoms with van der Waals surface area (Å²) in [5, 5.41) is 12.0. The number of ether oxygens (including phenoxy) is 1. The smallest absolute Gasteiger partial charge is 0.416 e. The lowest BCUT2D eigenvalue weighted by atomic mass is 10.0. The lowest BCUT2D eigenvalue weighted by Crippen LogP contribution is -2.37. The fourth-order valence-electron chi connectivity index (χ4n) is 3.37. The number of pyridine rings is 1. The number of alkyl halides is 3. The van der Waals surface area contributed by atoms with Crippen LogP contribution in [0.1, 0.15) is 46.6 Å².